The molecule has 168 valence electrons. The molecule has 0 saturated carbocycles. The summed E-state index contributed by atoms with van der Waals surface area (Å²) in [6.45, 7) is 0. The zero-order valence-electron chi connectivity index (χ0n) is 17.7. The number of halogens is 1. The van der Waals surface area contributed by atoms with Crippen LogP contribution in [0, 0.1) is 0 Å². The quantitative estimate of drug-likeness (QED) is 0.456. The van der Waals surface area contributed by atoms with Crippen molar-refractivity contribution in [2.75, 3.05) is 19.5 Å². The molecule has 1 unspecified atom stereocenters. The van der Waals surface area contributed by atoms with Gasteiger partial charge in [-0.25, -0.2) is 8.42 Å². The van der Waals surface area contributed by atoms with Crippen LogP contribution in [0.3, 0.4) is 0 Å². The summed E-state index contributed by atoms with van der Waals surface area (Å²) < 4.78 is 37.9. The average molecular weight is 474 g/mol. The largest absolute Gasteiger partial charge is 0.497 e. The minimum Gasteiger partial charge on any atom is -0.497 e. The van der Waals surface area contributed by atoms with Crippen LogP contribution in [-0.4, -0.2) is 28.5 Å². The third-order valence-corrected chi connectivity index (χ3v) is 7.38. The number of carbonyl (C=O) groups excluding carboxylic acids is 1. The van der Waals surface area contributed by atoms with Gasteiger partial charge in [0.1, 0.15) is 11.5 Å². The van der Waals surface area contributed by atoms with E-state index in [0.717, 1.165) is 0 Å². The van der Waals surface area contributed by atoms with E-state index in [2.05, 4.69) is 5.32 Å². The van der Waals surface area contributed by atoms with Crippen LogP contribution in [0.15, 0.2) is 77.7 Å². The van der Waals surface area contributed by atoms with Crippen LogP contribution < -0.4 is 14.8 Å². The van der Waals surface area contributed by atoms with Crippen molar-refractivity contribution in [3.05, 3.63) is 83.4 Å². The zero-order valence-corrected chi connectivity index (χ0v) is 19.3. The van der Waals surface area contributed by atoms with E-state index in [9.17, 15) is 13.2 Å². The van der Waals surface area contributed by atoms with Gasteiger partial charge >= 0.3 is 0 Å². The lowest BCUT2D eigenvalue weighted by Gasteiger charge is -2.21. The summed E-state index contributed by atoms with van der Waals surface area (Å²) in [5, 5.41) is 2.24. The molecule has 3 aromatic rings. The number of sulfone groups is 1. The number of anilines is 1. The molecule has 6 nitrogen and oxygen atoms in total. The van der Waals surface area contributed by atoms with E-state index in [1.54, 1.807) is 72.8 Å². The molecule has 0 heterocycles. The van der Waals surface area contributed by atoms with Gasteiger partial charge in [-0.15, -0.1) is 0 Å². The first-order valence-corrected chi connectivity index (χ1v) is 11.8. The number of rotatable bonds is 9. The van der Waals surface area contributed by atoms with Crippen LogP contribution in [0.2, 0.25) is 5.02 Å². The van der Waals surface area contributed by atoms with Gasteiger partial charge in [-0.2, -0.15) is 0 Å². The van der Waals surface area contributed by atoms with Crippen molar-refractivity contribution in [3.63, 3.8) is 0 Å². The number of methoxy groups -OCH3 is 2. The van der Waals surface area contributed by atoms with E-state index in [4.69, 9.17) is 21.1 Å². The van der Waals surface area contributed by atoms with Crippen molar-refractivity contribution in [2.45, 2.75) is 23.0 Å². The van der Waals surface area contributed by atoms with E-state index in [1.807, 2.05) is 0 Å². The molecule has 0 aliphatic rings. The Labute approximate surface area is 193 Å². The van der Waals surface area contributed by atoms with Crippen molar-refractivity contribution in [2.24, 2.45) is 0 Å². The van der Waals surface area contributed by atoms with Gasteiger partial charge in [-0.05, 0) is 55.0 Å². The first kappa shape index (κ1) is 23.6. The second kappa shape index (κ2) is 10.5. The van der Waals surface area contributed by atoms with E-state index < -0.39 is 15.1 Å². The molecule has 1 N–H and O–H groups in total. The molecular formula is C24H24ClNO5S. The smallest absolute Gasteiger partial charge is 0.224 e. The van der Waals surface area contributed by atoms with Crippen molar-refractivity contribution in [3.8, 4) is 11.5 Å². The Bertz CT molecular complexity index is 1180. The average Bonchev–Trinajstić information content (AvgIpc) is 2.79. The fraction of sp³-hybridized carbons (Fsp3) is 0.208. The van der Waals surface area contributed by atoms with E-state index >= 15 is 0 Å². The normalized spacial score (nSPS) is 12.1. The van der Waals surface area contributed by atoms with Gasteiger partial charge in [0.15, 0.2) is 9.84 Å². The fourth-order valence-corrected chi connectivity index (χ4v) is 5.40. The van der Waals surface area contributed by atoms with Crippen LogP contribution in [0.1, 0.15) is 23.7 Å². The molecule has 0 fully saturated rings. The van der Waals surface area contributed by atoms with Crippen molar-refractivity contribution in [1.82, 2.24) is 0 Å². The van der Waals surface area contributed by atoms with Gasteiger partial charge in [-0.1, -0.05) is 35.9 Å². The summed E-state index contributed by atoms with van der Waals surface area (Å²) in [5.41, 5.74) is 0.982. The zero-order chi connectivity index (χ0) is 23.1. The van der Waals surface area contributed by atoms with Crippen molar-refractivity contribution >= 4 is 33.0 Å². The molecule has 1 amide bonds. The molecule has 0 radical (unpaired) electrons. The maximum Gasteiger partial charge on any atom is 0.224 e. The van der Waals surface area contributed by atoms with Gasteiger partial charge in [0.2, 0.25) is 5.91 Å². The summed E-state index contributed by atoms with van der Waals surface area (Å²) in [5.74, 6) is 0.588. The van der Waals surface area contributed by atoms with Gasteiger partial charge in [0.05, 0.1) is 24.4 Å². The lowest BCUT2D eigenvalue weighted by Crippen LogP contribution is -2.19. The highest BCUT2D eigenvalue weighted by molar-refractivity contribution is 7.91. The highest BCUT2D eigenvalue weighted by Crippen LogP contribution is 2.39. The summed E-state index contributed by atoms with van der Waals surface area (Å²) >= 11 is 5.97. The highest BCUT2D eigenvalue weighted by Gasteiger charge is 2.32. The molecular weight excluding hydrogens is 450 g/mol. The molecule has 1 atom stereocenters. The lowest BCUT2D eigenvalue weighted by atomic mass is 10.1. The standard InChI is InChI=1S/C24H24ClNO5S/c1-30-19-11-12-22(31-2)21(16-19)23(32(28,29)20-9-4-3-5-10-20)13-14-24(27)26-18-8-6-7-17(25)15-18/h3-12,15-16,23H,13-14H2,1-2H3,(H,26,27). The summed E-state index contributed by atoms with van der Waals surface area (Å²) in [6.07, 6.45) is 0.0246. The van der Waals surface area contributed by atoms with Crippen LogP contribution in [0.5, 0.6) is 11.5 Å². The Balaban J connectivity index is 1.94. The van der Waals surface area contributed by atoms with Gasteiger partial charge < -0.3 is 14.8 Å². The molecule has 0 aliphatic carbocycles. The fourth-order valence-electron chi connectivity index (χ4n) is 3.40. The Morgan fingerprint density at radius 1 is 0.969 bits per heavy atom. The summed E-state index contributed by atoms with van der Waals surface area (Å²) in [7, 11) is -0.843. The first-order chi connectivity index (χ1) is 15.3. The summed E-state index contributed by atoms with van der Waals surface area (Å²) in [4.78, 5) is 12.8. The minimum absolute atomic E-state index is 0.0242. The lowest BCUT2D eigenvalue weighted by molar-refractivity contribution is -0.116. The number of carbonyl (C=O) groups is 1. The van der Waals surface area contributed by atoms with Gasteiger partial charge in [0.25, 0.3) is 0 Å². The van der Waals surface area contributed by atoms with Gasteiger partial charge in [-0.3, -0.25) is 4.79 Å². The monoisotopic (exact) mass is 473 g/mol. The first-order valence-electron chi connectivity index (χ1n) is 9.91. The number of hydrogen-bond acceptors (Lipinski definition) is 5. The topological polar surface area (TPSA) is 81.7 Å². The van der Waals surface area contributed by atoms with Gasteiger partial charge in [0, 0.05) is 22.7 Å². The number of hydrogen-bond donors (Lipinski definition) is 1. The van der Waals surface area contributed by atoms with Crippen LogP contribution in [0.25, 0.3) is 0 Å². The third kappa shape index (κ3) is 5.60. The molecule has 3 aromatic carbocycles. The molecule has 0 bridgehead atoms. The number of nitrogens with one attached hydrogen (secondary N) is 1. The molecule has 32 heavy (non-hydrogen) atoms. The van der Waals surface area contributed by atoms with E-state index in [0.29, 0.717) is 27.8 Å². The Morgan fingerprint density at radius 2 is 1.72 bits per heavy atom. The molecule has 0 spiro atoms. The predicted octanol–water partition coefficient (Wildman–Crippen LogP) is 5.29. The molecule has 0 aliphatic heterocycles. The number of benzene rings is 3. The Hall–Kier alpha value is -3.03. The minimum atomic E-state index is -3.82. The second-order valence-electron chi connectivity index (χ2n) is 7.05. The highest BCUT2D eigenvalue weighted by atomic mass is 35.5. The van der Waals surface area contributed by atoms with Crippen molar-refractivity contribution < 1.29 is 22.7 Å². The molecule has 0 saturated heterocycles. The molecule has 3 rings (SSSR count). The maximum atomic E-state index is 13.6. The molecule has 0 aromatic heterocycles. The van der Waals surface area contributed by atoms with E-state index in [1.165, 1.54) is 14.2 Å². The second-order valence-corrected chi connectivity index (χ2v) is 9.62. The number of amides is 1. The van der Waals surface area contributed by atoms with Crippen molar-refractivity contribution in [1.29, 1.82) is 0 Å². The number of ether oxygens (including phenoxy) is 2. The third-order valence-electron chi connectivity index (χ3n) is 4.97. The van der Waals surface area contributed by atoms with Crippen LogP contribution in [0.4, 0.5) is 5.69 Å². The van der Waals surface area contributed by atoms with E-state index in [-0.39, 0.29) is 23.6 Å². The maximum absolute atomic E-state index is 13.6. The SMILES string of the molecule is COc1ccc(OC)c(C(CCC(=O)Nc2cccc(Cl)c2)S(=O)(=O)c2ccccc2)c1. The van der Waals surface area contributed by atoms with Crippen LogP contribution in [-0.2, 0) is 14.6 Å². The summed E-state index contributed by atoms with van der Waals surface area (Å²) in [6, 6.07) is 19.9. The predicted molar refractivity (Wildman–Crippen MR) is 125 cm³/mol. The molecule has 8 heteroatoms. The Kier molecular flexibility index (Phi) is 7.77. The van der Waals surface area contributed by atoms with Crippen LogP contribution >= 0.6 is 11.6 Å². The Morgan fingerprint density at radius 3 is 2.38 bits per heavy atom.